The Bertz CT molecular complexity index is 832. The minimum atomic E-state index is -3.87. The average Bonchev–Trinajstić information content (AvgIpc) is 2.55. The molecule has 2 aromatic carbocycles. The number of nitrogens with zero attached hydrogens (tertiary/aromatic N) is 1. The lowest BCUT2D eigenvalue weighted by molar-refractivity contribution is -0.384. The van der Waals surface area contributed by atoms with Gasteiger partial charge in [-0.25, -0.2) is 8.42 Å². The van der Waals surface area contributed by atoms with Crippen molar-refractivity contribution in [2.75, 3.05) is 11.8 Å². The SMILES string of the molecule is CCCc1ccc(S(=O)(=O)Nc2cc([N+](=O)[O-])ccc2OC)cc1. The molecule has 1 N–H and O–H groups in total. The lowest BCUT2D eigenvalue weighted by Crippen LogP contribution is -2.14. The van der Waals surface area contributed by atoms with Gasteiger partial charge >= 0.3 is 0 Å². The zero-order valence-electron chi connectivity index (χ0n) is 13.4. The molecule has 128 valence electrons. The highest BCUT2D eigenvalue weighted by atomic mass is 32.2. The van der Waals surface area contributed by atoms with Crippen LogP contribution in [0.3, 0.4) is 0 Å². The summed E-state index contributed by atoms with van der Waals surface area (Å²) in [6.07, 6.45) is 1.84. The van der Waals surface area contributed by atoms with E-state index in [0.29, 0.717) is 0 Å². The van der Waals surface area contributed by atoms with Gasteiger partial charge in [0.2, 0.25) is 0 Å². The Labute approximate surface area is 140 Å². The topological polar surface area (TPSA) is 98.5 Å². The van der Waals surface area contributed by atoms with Crippen LogP contribution >= 0.6 is 0 Å². The maximum atomic E-state index is 12.5. The quantitative estimate of drug-likeness (QED) is 0.610. The predicted octanol–water partition coefficient (Wildman–Crippen LogP) is 3.36. The second-order valence-electron chi connectivity index (χ2n) is 5.14. The third-order valence-electron chi connectivity index (χ3n) is 3.41. The van der Waals surface area contributed by atoms with Crippen molar-refractivity contribution in [3.05, 3.63) is 58.1 Å². The van der Waals surface area contributed by atoms with Crippen LogP contribution in [0.4, 0.5) is 11.4 Å². The molecular formula is C16H18N2O5S. The molecule has 0 amide bonds. The van der Waals surface area contributed by atoms with E-state index >= 15 is 0 Å². The van der Waals surface area contributed by atoms with Gasteiger partial charge in [0.1, 0.15) is 5.75 Å². The zero-order valence-corrected chi connectivity index (χ0v) is 14.2. The first-order chi connectivity index (χ1) is 11.4. The smallest absolute Gasteiger partial charge is 0.271 e. The summed E-state index contributed by atoms with van der Waals surface area (Å²) >= 11 is 0. The van der Waals surface area contributed by atoms with E-state index in [2.05, 4.69) is 4.72 Å². The number of nitro benzene ring substituents is 1. The molecule has 2 rings (SSSR count). The Morgan fingerprint density at radius 3 is 2.38 bits per heavy atom. The van der Waals surface area contributed by atoms with Crippen molar-refractivity contribution in [2.45, 2.75) is 24.7 Å². The Kier molecular flexibility index (Phi) is 5.40. The molecule has 0 aliphatic rings. The fraction of sp³-hybridized carbons (Fsp3) is 0.250. The van der Waals surface area contributed by atoms with E-state index in [9.17, 15) is 18.5 Å². The number of nitro groups is 1. The summed E-state index contributed by atoms with van der Waals surface area (Å²) in [5.41, 5.74) is 0.834. The predicted molar refractivity (Wildman–Crippen MR) is 90.9 cm³/mol. The van der Waals surface area contributed by atoms with Crippen molar-refractivity contribution in [1.82, 2.24) is 0 Å². The molecule has 7 nitrogen and oxygen atoms in total. The second-order valence-corrected chi connectivity index (χ2v) is 6.82. The number of methoxy groups -OCH3 is 1. The maximum absolute atomic E-state index is 12.5. The number of nitrogens with one attached hydrogen (secondary N) is 1. The van der Waals surface area contributed by atoms with Crippen LogP contribution in [0, 0.1) is 10.1 Å². The molecule has 0 unspecified atom stereocenters. The molecule has 2 aromatic rings. The molecule has 0 heterocycles. The maximum Gasteiger partial charge on any atom is 0.271 e. The van der Waals surface area contributed by atoms with E-state index in [1.165, 1.54) is 31.4 Å². The number of rotatable bonds is 7. The summed E-state index contributed by atoms with van der Waals surface area (Å²) in [5, 5.41) is 10.9. The van der Waals surface area contributed by atoms with Gasteiger partial charge in [-0.05, 0) is 30.2 Å². The molecule has 8 heteroatoms. The van der Waals surface area contributed by atoms with Crippen LogP contribution in [-0.2, 0) is 16.4 Å². The molecule has 0 aliphatic carbocycles. The van der Waals surface area contributed by atoms with Gasteiger partial charge in [-0.2, -0.15) is 0 Å². The normalized spacial score (nSPS) is 11.1. The van der Waals surface area contributed by atoms with Gasteiger partial charge in [-0.3, -0.25) is 14.8 Å². The molecule has 0 fully saturated rings. The fourth-order valence-corrected chi connectivity index (χ4v) is 3.28. The number of benzene rings is 2. The minimum absolute atomic E-state index is 0.0179. The van der Waals surface area contributed by atoms with Crippen molar-refractivity contribution in [3.63, 3.8) is 0 Å². The number of aryl methyl sites for hydroxylation is 1. The van der Waals surface area contributed by atoms with E-state index in [1.807, 2.05) is 6.92 Å². The molecule has 0 spiro atoms. The first-order valence-electron chi connectivity index (χ1n) is 7.31. The van der Waals surface area contributed by atoms with Gasteiger partial charge in [0.25, 0.3) is 15.7 Å². The van der Waals surface area contributed by atoms with Crippen molar-refractivity contribution < 1.29 is 18.1 Å². The molecule has 0 atom stereocenters. The number of anilines is 1. The van der Waals surface area contributed by atoms with Crippen LogP contribution in [0.5, 0.6) is 5.75 Å². The third-order valence-corrected chi connectivity index (χ3v) is 4.79. The average molecular weight is 350 g/mol. The molecule has 0 aromatic heterocycles. The second kappa shape index (κ2) is 7.31. The van der Waals surface area contributed by atoms with Crippen LogP contribution in [-0.4, -0.2) is 20.5 Å². The summed E-state index contributed by atoms with van der Waals surface area (Å²) < 4.78 is 32.4. The standard InChI is InChI=1S/C16H18N2O5S/c1-3-4-12-5-8-14(9-6-12)24(21,22)17-15-11-13(18(19)20)7-10-16(15)23-2/h5-11,17H,3-4H2,1-2H3. The van der Waals surface area contributed by atoms with E-state index in [0.717, 1.165) is 24.5 Å². The number of non-ortho nitro benzene ring substituents is 1. The number of ether oxygens (including phenoxy) is 1. The summed E-state index contributed by atoms with van der Waals surface area (Å²) in [6, 6.07) is 10.2. The van der Waals surface area contributed by atoms with Crippen molar-refractivity contribution in [2.24, 2.45) is 0 Å². The molecule has 0 saturated carbocycles. The molecule has 0 bridgehead atoms. The zero-order chi connectivity index (χ0) is 17.7. The lowest BCUT2D eigenvalue weighted by atomic mass is 10.1. The van der Waals surface area contributed by atoms with Gasteiger partial charge in [0.05, 0.1) is 22.6 Å². The van der Waals surface area contributed by atoms with E-state index in [-0.39, 0.29) is 22.0 Å². The van der Waals surface area contributed by atoms with Gasteiger partial charge in [-0.1, -0.05) is 25.5 Å². The Morgan fingerprint density at radius 2 is 1.83 bits per heavy atom. The van der Waals surface area contributed by atoms with Crippen molar-refractivity contribution >= 4 is 21.4 Å². The number of hydrogen-bond donors (Lipinski definition) is 1. The van der Waals surface area contributed by atoms with Gasteiger partial charge in [-0.15, -0.1) is 0 Å². The highest BCUT2D eigenvalue weighted by Gasteiger charge is 2.19. The third kappa shape index (κ3) is 4.02. The Balaban J connectivity index is 2.34. The number of sulfonamides is 1. The van der Waals surface area contributed by atoms with Crippen LogP contribution in [0.2, 0.25) is 0 Å². The van der Waals surface area contributed by atoms with Gasteiger partial charge in [0.15, 0.2) is 0 Å². The van der Waals surface area contributed by atoms with E-state index in [4.69, 9.17) is 4.74 Å². The Hall–Kier alpha value is -2.61. The number of hydrogen-bond acceptors (Lipinski definition) is 5. The highest BCUT2D eigenvalue weighted by Crippen LogP contribution is 2.30. The molecule has 0 radical (unpaired) electrons. The summed E-state index contributed by atoms with van der Waals surface area (Å²) in [5.74, 6) is 0.201. The van der Waals surface area contributed by atoms with Crippen molar-refractivity contribution in [3.8, 4) is 5.75 Å². The van der Waals surface area contributed by atoms with Gasteiger partial charge in [0, 0.05) is 12.1 Å². The Morgan fingerprint density at radius 1 is 1.17 bits per heavy atom. The molecule has 24 heavy (non-hydrogen) atoms. The highest BCUT2D eigenvalue weighted by molar-refractivity contribution is 7.92. The fourth-order valence-electron chi connectivity index (χ4n) is 2.22. The van der Waals surface area contributed by atoms with Crippen LogP contribution in [0.15, 0.2) is 47.4 Å². The first kappa shape index (κ1) is 17.7. The van der Waals surface area contributed by atoms with Crippen LogP contribution < -0.4 is 9.46 Å². The molecule has 0 aliphatic heterocycles. The van der Waals surface area contributed by atoms with Crippen LogP contribution in [0.1, 0.15) is 18.9 Å². The lowest BCUT2D eigenvalue weighted by Gasteiger charge is -2.12. The van der Waals surface area contributed by atoms with Crippen molar-refractivity contribution in [1.29, 1.82) is 0 Å². The molecule has 0 saturated heterocycles. The van der Waals surface area contributed by atoms with Gasteiger partial charge < -0.3 is 4.74 Å². The largest absolute Gasteiger partial charge is 0.495 e. The molecular weight excluding hydrogens is 332 g/mol. The monoisotopic (exact) mass is 350 g/mol. The summed E-state index contributed by atoms with van der Waals surface area (Å²) in [7, 11) is -2.51. The van der Waals surface area contributed by atoms with E-state index in [1.54, 1.807) is 12.1 Å². The summed E-state index contributed by atoms with van der Waals surface area (Å²) in [4.78, 5) is 10.4. The van der Waals surface area contributed by atoms with Crippen LogP contribution in [0.25, 0.3) is 0 Å². The first-order valence-corrected chi connectivity index (χ1v) is 8.80. The minimum Gasteiger partial charge on any atom is -0.495 e. The summed E-state index contributed by atoms with van der Waals surface area (Å²) in [6.45, 7) is 2.04. The van der Waals surface area contributed by atoms with E-state index < -0.39 is 14.9 Å².